The van der Waals surface area contributed by atoms with Gasteiger partial charge >= 0.3 is 0 Å². The van der Waals surface area contributed by atoms with Crippen LogP contribution in [-0.2, 0) is 17.3 Å². The Morgan fingerprint density at radius 1 is 1.08 bits per heavy atom. The molecule has 2 aromatic carbocycles. The minimum atomic E-state index is -1.11. The van der Waals surface area contributed by atoms with Gasteiger partial charge in [-0.05, 0) is 29.8 Å². The molecule has 0 amide bonds. The number of piperazine rings is 1. The van der Waals surface area contributed by atoms with Gasteiger partial charge in [-0.15, -0.1) is 0 Å². The highest BCUT2D eigenvalue weighted by atomic mass is 32.2. The normalized spacial score (nSPS) is 20.4. The van der Waals surface area contributed by atoms with Crippen molar-refractivity contribution < 1.29 is 8.60 Å². The van der Waals surface area contributed by atoms with Crippen LogP contribution in [0.3, 0.4) is 0 Å². The van der Waals surface area contributed by atoms with E-state index in [1.807, 2.05) is 30.3 Å². The van der Waals surface area contributed by atoms with Crippen molar-refractivity contribution >= 4 is 27.7 Å². The molecule has 2 aliphatic heterocycles. The summed E-state index contributed by atoms with van der Waals surface area (Å²) in [5.41, 5.74) is 4.12. The van der Waals surface area contributed by atoms with E-state index in [0.717, 1.165) is 48.9 Å². The Kier molecular flexibility index (Phi) is 4.16. The third-order valence-corrected chi connectivity index (χ3v) is 5.56. The zero-order valence-electron chi connectivity index (χ0n) is 13.2. The van der Waals surface area contributed by atoms with Gasteiger partial charge in [0.2, 0.25) is 0 Å². The number of hydrogen-bond acceptors (Lipinski definition) is 4. The fourth-order valence-electron chi connectivity index (χ4n) is 3.20. The van der Waals surface area contributed by atoms with E-state index in [1.54, 1.807) is 6.07 Å². The number of rotatable bonds is 3. The lowest BCUT2D eigenvalue weighted by atomic mass is 10.1. The van der Waals surface area contributed by atoms with Crippen LogP contribution in [0.25, 0.3) is 0 Å². The smallest absolute Gasteiger partial charge is 0.146 e. The number of nitrogens with zero attached hydrogens (tertiary/aromatic N) is 3. The molecule has 1 fully saturated rings. The molecule has 24 heavy (non-hydrogen) atoms. The summed E-state index contributed by atoms with van der Waals surface area (Å²) in [5, 5.41) is 0. The second-order valence-electron chi connectivity index (χ2n) is 6.05. The Morgan fingerprint density at radius 3 is 2.67 bits per heavy atom. The molecule has 2 heterocycles. The number of aliphatic imine (C=N–C) groups is 1. The maximum Gasteiger partial charge on any atom is 0.146 e. The van der Waals surface area contributed by atoms with Crippen LogP contribution in [0, 0.1) is 5.82 Å². The molecular weight excluding hydrogens is 325 g/mol. The van der Waals surface area contributed by atoms with Crippen LogP contribution in [0.5, 0.6) is 0 Å². The van der Waals surface area contributed by atoms with E-state index in [0.29, 0.717) is 5.69 Å². The summed E-state index contributed by atoms with van der Waals surface area (Å²) in [6.07, 6.45) is 0. The third kappa shape index (κ3) is 2.99. The van der Waals surface area contributed by atoms with Gasteiger partial charge in [0.25, 0.3) is 0 Å². The molecule has 6 heteroatoms. The highest BCUT2D eigenvalue weighted by Gasteiger charge is 2.20. The zero-order valence-corrected chi connectivity index (χ0v) is 14.0. The summed E-state index contributed by atoms with van der Waals surface area (Å²) in [6.45, 7) is 4.19. The van der Waals surface area contributed by atoms with Gasteiger partial charge in [0.15, 0.2) is 0 Å². The Labute approximate surface area is 143 Å². The van der Waals surface area contributed by atoms with Gasteiger partial charge in [-0.2, -0.15) is 0 Å². The lowest BCUT2D eigenvalue weighted by Gasteiger charge is -2.36. The molecule has 1 unspecified atom stereocenters. The molecule has 1 saturated heterocycles. The molecule has 0 N–H and O–H groups in total. The van der Waals surface area contributed by atoms with Gasteiger partial charge in [0, 0.05) is 32.7 Å². The highest BCUT2D eigenvalue weighted by molar-refractivity contribution is 7.99. The molecule has 0 spiro atoms. The summed E-state index contributed by atoms with van der Waals surface area (Å²) >= 11 is 0. The molecule has 0 saturated carbocycles. The number of halogens is 1. The lowest BCUT2D eigenvalue weighted by Crippen LogP contribution is -2.46. The van der Waals surface area contributed by atoms with Gasteiger partial charge in [-0.3, -0.25) is 4.90 Å². The first-order valence-corrected chi connectivity index (χ1v) is 9.21. The van der Waals surface area contributed by atoms with Crippen LogP contribution in [-0.4, -0.2) is 40.8 Å². The average molecular weight is 343 g/mol. The number of fused-ring (bicyclic) bond motifs is 1. The Bertz CT molecular complexity index is 816. The largest absolute Gasteiger partial charge is 0.367 e. The van der Waals surface area contributed by atoms with Crippen LogP contribution in [0.4, 0.5) is 15.8 Å². The number of anilines is 1. The molecule has 4 nitrogen and oxygen atoms in total. The molecule has 0 aliphatic carbocycles. The third-order valence-electron chi connectivity index (χ3n) is 4.50. The monoisotopic (exact) mass is 343 g/mol. The predicted octanol–water partition coefficient (Wildman–Crippen LogP) is 2.93. The fourth-order valence-corrected chi connectivity index (χ4v) is 4.12. The second-order valence-corrected chi connectivity index (χ2v) is 7.29. The lowest BCUT2D eigenvalue weighted by molar-refractivity contribution is 0.249. The molecule has 124 valence electrons. The maximum atomic E-state index is 13.9. The van der Waals surface area contributed by atoms with Crippen LogP contribution in [0.2, 0.25) is 0 Å². The van der Waals surface area contributed by atoms with Crippen molar-refractivity contribution in [3.63, 3.8) is 0 Å². The Balaban J connectivity index is 1.40. The molecule has 4 rings (SSSR count). The van der Waals surface area contributed by atoms with Gasteiger partial charge in [0.1, 0.15) is 5.82 Å². The quantitative estimate of drug-likeness (QED) is 0.860. The molecule has 2 aromatic rings. The van der Waals surface area contributed by atoms with Crippen molar-refractivity contribution in [2.45, 2.75) is 11.4 Å². The van der Waals surface area contributed by atoms with Crippen molar-refractivity contribution in [3.05, 3.63) is 53.8 Å². The summed E-state index contributed by atoms with van der Waals surface area (Å²) in [6, 6.07) is 12.9. The fraction of sp³-hybridized carbons (Fsp3) is 0.278. The summed E-state index contributed by atoms with van der Waals surface area (Å²) in [4.78, 5) is 9.38. The van der Waals surface area contributed by atoms with Gasteiger partial charge in [0.05, 0.1) is 32.6 Å². The van der Waals surface area contributed by atoms with E-state index in [2.05, 4.69) is 14.8 Å². The Hall–Kier alpha value is -2.05. The molecular formula is C18H18FN3OS. The van der Waals surface area contributed by atoms with Gasteiger partial charge in [-0.1, -0.05) is 18.2 Å². The Morgan fingerprint density at radius 2 is 1.88 bits per heavy atom. The number of hydrogen-bond donors (Lipinski definition) is 0. The van der Waals surface area contributed by atoms with E-state index < -0.39 is 10.8 Å². The SMILES string of the molecule is O=S1C=Nc2ccc(CN3CCN(c4ccccc4F)CC3)cc21. The second kappa shape index (κ2) is 6.45. The summed E-state index contributed by atoms with van der Waals surface area (Å²) in [7, 11) is -1.11. The van der Waals surface area contributed by atoms with E-state index in [4.69, 9.17) is 0 Å². The summed E-state index contributed by atoms with van der Waals surface area (Å²) < 4.78 is 25.7. The molecule has 0 bridgehead atoms. The van der Waals surface area contributed by atoms with Crippen LogP contribution < -0.4 is 4.90 Å². The first-order chi connectivity index (χ1) is 11.7. The highest BCUT2D eigenvalue weighted by Crippen LogP contribution is 2.29. The van der Waals surface area contributed by atoms with E-state index in [-0.39, 0.29) is 5.82 Å². The minimum Gasteiger partial charge on any atom is -0.367 e. The first-order valence-electron chi connectivity index (χ1n) is 8.00. The standard InChI is InChI=1S/C18H18FN3OS/c19-15-3-1-2-4-17(15)22-9-7-21(8-10-22)12-14-5-6-16-18(11-14)24(23)13-20-16/h1-6,11,13H,7-10,12H2. The van der Waals surface area contributed by atoms with Crippen LogP contribution in [0.1, 0.15) is 5.56 Å². The molecule has 0 aromatic heterocycles. The van der Waals surface area contributed by atoms with E-state index >= 15 is 0 Å². The maximum absolute atomic E-state index is 13.9. The summed E-state index contributed by atoms with van der Waals surface area (Å²) in [5.74, 6) is -0.160. The topological polar surface area (TPSA) is 35.9 Å². The van der Waals surface area contributed by atoms with Crippen molar-refractivity contribution in [1.29, 1.82) is 0 Å². The van der Waals surface area contributed by atoms with Crippen molar-refractivity contribution in [1.82, 2.24) is 4.90 Å². The molecule has 0 radical (unpaired) electrons. The number of para-hydroxylation sites is 1. The first kappa shape index (κ1) is 15.5. The van der Waals surface area contributed by atoms with Crippen molar-refractivity contribution in [2.75, 3.05) is 31.1 Å². The van der Waals surface area contributed by atoms with E-state index in [9.17, 15) is 8.60 Å². The van der Waals surface area contributed by atoms with Gasteiger partial charge < -0.3 is 4.90 Å². The zero-order chi connectivity index (χ0) is 16.5. The van der Waals surface area contributed by atoms with E-state index in [1.165, 1.54) is 11.6 Å². The predicted molar refractivity (Wildman–Crippen MR) is 94.9 cm³/mol. The van der Waals surface area contributed by atoms with Crippen LogP contribution >= 0.6 is 0 Å². The van der Waals surface area contributed by atoms with Gasteiger partial charge in [-0.25, -0.2) is 13.6 Å². The molecule has 1 atom stereocenters. The van der Waals surface area contributed by atoms with Crippen molar-refractivity contribution in [3.8, 4) is 0 Å². The average Bonchev–Trinajstić information content (AvgIpc) is 2.97. The molecule has 2 aliphatic rings. The van der Waals surface area contributed by atoms with Crippen LogP contribution in [0.15, 0.2) is 52.4 Å². The number of benzene rings is 2. The van der Waals surface area contributed by atoms with Crippen molar-refractivity contribution in [2.24, 2.45) is 4.99 Å². The minimum absolute atomic E-state index is 0.160.